The van der Waals surface area contributed by atoms with Crippen molar-refractivity contribution in [2.75, 3.05) is 11.1 Å². The monoisotopic (exact) mass is 416 g/mol. The quantitative estimate of drug-likeness (QED) is 0.575. The van der Waals surface area contributed by atoms with Crippen molar-refractivity contribution in [2.24, 2.45) is 0 Å². The SMILES string of the molecule is Cc1cccc(NC(=O)CSc2ncc(CO)n2CC(=O)NC2CCCC2)c1C. The van der Waals surface area contributed by atoms with Gasteiger partial charge in [0.15, 0.2) is 5.16 Å². The Labute approximate surface area is 175 Å². The number of aliphatic hydroxyl groups excluding tert-OH is 1. The van der Waals surface area contributed by atoms with E-state index in [2.05, 4.69) is 15.6 Å². The van der Waals surface area contributed by atoms with E-state index in [1.165, 1.54) is 11.8 Å². The third kappa shape index (κ3) is 5.61. The predicted octanol–water partition coefficient (Wildman–Crippen LogP) is 2.78. The fraction of sp³-hybridized carbons (Fsp3) is 0.476. The molecule has 7 nitrogen and oxygen atoms in total. The average molecular weight is 417 g/mol. The van der Waals surface area contributed by atoms with Gasteiger partial charge in [-0.25, -0.2) is 4.98 Å². The summed E-state index contributed by atoms with van der Waals surface area (Å²) in [7, 11) is 0. The molecule has 1 aromatic carbocycles. The lowest BCUT2D eigenvalue weighted by molar-refractivity contribution is -0.122. The number of nitrogens with one attached hydrogen (secondary N) is 2. The molecular weight excluding hydrogens is 388 g/mol. The molecule has 0 radical (unpaired) electrons. The van der Waals surface area contributed by atoms with Crippen LogP contribution in [-0.2, 0) is 22.7 Å². The minimum absolute atomic E-state index is 0.0906. The highest BCUT2D eigenvalue weighted by atomic mass is 32.2. The lowest BCUT2D eigenvalue weighted by atomic mass is 10.1. The minimum atomic E-state index is -0.209. The first-order chi connectivity index (χ1) is 14.0. The van der Waals surface area contributed by atoms with E-state index >= 15 is 0 Å². The van der Waals surface area contributed by atoms with Gasteiger partial charge in [0.2, 0.25) is 11.8 Å². The summed E-state index contributed by atoms with van der Waals surface area (Å²) in [6.07, 6.45) is 5.88. The van der Waals surface area contributed by atoms with Crippen LogP contribution in [0.5, 0.6) is 0 Å². The Balaban J connectivity index is 1.60. The summed E-state index contributed by atoms with van der Waals surface area (Å²) in [5, 5.41) is 16.1. The van der Waals surface area contributed by atoms with Crippen LogP contribution in [0.1, 0.15) is 42.5 Å². The van der Waals surface area contributed by atoms with E-state index in [1.54, 1.807) is 10.8 Å². The van der Waals surface area contributed by atoms with Crippen molar-refractivity contribution in [1.82, 2.24) is 14.9 Å². The number of carbonyl (C=O) groups is 2. The van der Waals surface area contributed by atoms with Gasteiger partial charge in [0.25, 0.3) is 0 Å². The standard InChI is InChI=1S/C21H28N4O3S/c1-14-6-5-9-18(15(14)2)24-20(28)13-29-21-22-10-17(12-26)25(21)11-19(27)23-16-7-3-4-8-16/h5-6,9-10,16,26H,3-4,7-8,11-13H2,1-2H3,(H,23,27)(H,24,28). The van der Waals surface area contributed by atoms with E-state index in [1.807, 2.05) is 32.0 Å². The lowest BCUT2D eigenvalue weighted by Gasteiger charge is -2.15. The van der Waals surface area contributed by atoms with Crippen LogP contribution in [0.2, 0.25) is 0 Å². The van der Waals surface area contributed by atoms with E-state index in [0.29, 0.717) is 10.9 Å². The molecule has 1 aromatic heterocycles. The molecule has 1 fully saturated rings. The molecule has 0 saturated heterocycles. The summed E-state index contributed by atoms with van der Waals surface area (Å²) in [4.78, 5) is 29.1. The van der Waals surface area contributed by atoms with E-state index in [9.17, 15) is 14.7 Å². The van der Waals surface area contributed by atoms with Crippen LogP contribution in [0, 0.1) is 13.8 Å². The molecular formula is C21H28N4O3S. The largest absolute Gasteiger partial charge is 0.390 e. The second kappa shape index (κ2) is 9.93. The number of nitrogens with zero attached hydrogens (tertiary/aromatic N) is 2. The Morgan fingerprint density at radius 2 is 2.00 bits per heavy atom. The van der Waals surface area contributed by atoms with Crippen molar-refractivity contribution in [3.63, 3.8) is 0 Å². The van der Waals surface area contributed by atoms with E-state index in [4.69, 9.17) is 0 Å². The zero-order valence-electron chi connectivity index (χ0n) is 16.9. The first-order valence-corrected chi connectivity index (χ1v) is 10.9. The fourth-order valence-electron chi connectivity index (χ4n) is 3.49. The van der Waals surface area contributed by atoms with Gasteiger partial charge in [0.05, 0.1) is 24.3 Å². The second-order valence-electron chi connectivity index (χ2n) is 7.41. The number of benzene rings is 1. The Morgan fingerprint density at radius 1 is 1.24 bits per heavy atom. The number of anilines is 1. The van der Waals surface area contributed by atoms with Gasteiger partial charge in [-0.15, -0.1) is 0 Å². The molecule has 8 heteroatoms. The highest BCUT2D eigenvalue weighted by molar-refractivity contribution is 7.99. The summed E-state index contributed by atoms with van der Waals surface area (Å²) in [5.74, 6) is -0.0648. The van der Waals surface area contributed by atoms with Crippen molar-refractivity contribution in [2.45, 2.75) is 63.9 Å². The van der Waals surface area contributed by atoms with Crippen LogP contribution >= 0.6 is 11.8 Å². The Bertz CT molecular complexity index is 875. The molecule has 156 valence electrons. The zero-order chi connectivity index (χ0) is 20.8. The van der Waals surface area contributed by atoms with Crippen molar-refractivity contribution >= 4 is 29.3 Å². The number of rotatable bonds is 8. The molecule has 1 heterocycles. The van der Waals surface area contributed by atoms with Crippen LogP contribution in [0.15, 0.2) is 29.6 Å². The van der Waals surface area contributed by atoms with Crippen molar-refractivity contribution in [3.8, 4) is 0 Å². The lowest BCUT2D eigenvalue weighted by Crippen LogP contribution is -2.35. The van der Waals surface area contributed by atoms with Gasteiger partial charge in [-0.2, -0.15) is 0 Å². The summed E-state index contributed by atoms with van der Waals surface area (Å²) in [5.41, 5.74) is 3.51. The average Bonchev–Trinajstić information content (AvgIpc) is 3.33. The Kier molecular flexibility index (Phi) is 7.33. The first-order valence-electron chi connectivity index (χ1n) is 9.91. The number of aliphatic hydroxyl groups is 1. The smallest absolute Gasteiger partial charge is 0.240 e. The molecule has 2 amide bonds. The molecule has 3 rings (SSSR count). The number of imidazole rings is 1. The van der Waals surface area contributed by atoms with Gasteiger partial charge in [0, 0.05) is 11.7 Å². The van der Waals surface area contributed by atoms with Gasteiger partial charge in [-0.1, -0.05) is 36.7 Å². The van der Waals surface area contributed by atoms with E-state index in [-0.39, 0.29) is 36.8 Å². The van der Waals surface area contributed by atoms with E-state index < -0.39 is 0 Å². The maximum absolute atomic E-state index is 12.4. The molecule has 1 aliphatic carbocycles. The number of aromatic nitrogens is 2. The van der Waals surface area contributed by atoms with Crippen molar-refractivity contribution in [3.05, 3.63) is 41.2 Å². The second-order valence-corrected chi connectivity index (χ2v) is 8.35. The normalized spacial score (nSPS) is 14.2. The van der Waals surface area contributed by atoms with Gasteiger partial charge < -0.3 is 20.3 Å². The molecule has 3 N–H and O–H groups in total. The molecule has 1 saturated carbocycles. The molecule has 0 unspecified atom stereocenters. The van der Waals surface area contributed by atoms with Crippen LogP contribution in [0.25, 0.3) is 0 Å². The molecule has 29 heavy (non-hydrogen) atoms. The topological polar surface area (TPSA) is 96.2 Å². The number of carbonyl (C=O) groups excluding carboxylic acids is 2. The predicted molar refractivity (Wildman–Crippen MR) is 114 cm³/mol. The minimum Gasteiger partial charge on any atom is -0.390 e. The van der Waals surface area contributed by atoms with Crippen LogP contribution in [-0.4, -0.2) is 38.3 Å². The van der Waals surface area contributed by atoms with Crippen molar-refractivity contribution in [1.29, 1.82) is 0 Å². The molecule has 0 atom stereocenters. The van der Waals surface area contributed by atoms with Crippen LogP contribution in [0.3, 0.4) is 0 Å². The molecule has 1 aliphatic rings. The van der Waals surface area contributed by atoms with Crippen LogP contribution < -0.4 is 10.6 Å². The van der Waals surface area contributed by atoms with Gasteiger partial charge in [-0.05, 0) is 43.9 Å². The number of hydrogen-bond donors (Lipinski definition) is 3. The van der Waals surface area contributed by atoms with Gasteiger partial charge in [-0.3, -0.25) is 9.59 Å². The molecule has 0 aliphatic heterocycles. The maximum atomic E-state index is 12.4. The molecule has 0 bridgehead atoms. The Hall–Kier alpha value is -2.32. The van der Waals surface area contributed by atoms with E-state index in [0.717, 1.165) is 42.5 Å². The van der Waals surface area contributed by atoms with Crippen LogP contribution in [0.4, 0.5) is 5.69 Å². The first kappa shape index (κ1) is 21.4. The maximum Gasteiger partial charge on any atom is 0.240 e. The molecule has 0 spiro atoms. The summed E-state index contributed by atoms with van der Waals surface area (Å²) in [6, 6.07) is 6.03. The number of aryl methyl sites for hydroxylation is 1. The third-order valence-electron chi connectivity index (χ3n) is 5.30. The van der Waals surface area contributed by atoms with Gasteiger partial charge in [0.1, 0.15) is 6.54 Å². The number of amides is 2. The van der Waals surface area contributed by atoms with Crippen molar-refractivity contribution < 1.29 is 14.7 Å². The highest BCUT2D eigenvalue weighted by Gasteiger charge is 2.20. The fourth-order valence-corrected chi connectivity index (χ4v) is 4.29. The van der Waals surface area contributed by atoms with Gasteiger partial charge >= 0.3 is 0 Å². The summed E-state index contributed by atoms with van der Waals surface area (Å²) >= 11 is 1.25. The highest BCUT2D eigenvalue weighted by Crippen LogP contribution is 2.22. The number of thioether (sulfide) groups is 1. The zero-order valence-corrected chi connectivity index (χ0v) is 17.7. The third-order valence-corrected chi connectivity index (χ3v) is 6.29. The summed E-state index contributed by atoms with van der Waals surface area (Å²) in [6.45, 7) is 3.86. The Morgan fingerprint density at radius 3 is 2.72 bits per heavy atom. The summed E-state index contributed by atoms with van der Waals surface area (Å²) < 4.78 is 1.68. The molecule has 2 aromatic rings. The number of hydrogen-bond acceptors (Lipinski definition) is 5.